The van der Waals surface area contributed by atoms with E-state index in [-0.39, 0.29) is 0 Å². The standard InChI is InChI=1S/C14H11BrClN5/c1-8-2-5-13(11(15)6-8)21-14(18-19-20-21)10-7-9(16)3-4-12(10)17/h2-7H,17H2,1H3. The number of hydrogen-bond donors (Lipinski definition) is 1. The summed E-state index contributed by atoms with van der Waals surface area (Å²) in [6.07, 6.45) is 0. The van der Waals surface area contributed by atoms with Crippen LogP contribution in [0.25, 0.3) is 17.1 Å². The molecule has 5 nitrogen and oxygen atoms in total. The number of aryl methyl sites for hydroxylation is 1. The van der Waals surface area contributed by atoms with Gasteiger partial charge in [0.15, 0.2) is 5.82 Å². The Hall–Kier alpha value is -1.92. The maximum absolute atomic E-state index is 6.04. The van der Waals surface area contributed by atoms with E-state index in [9.17, 15) is 0 Å². The zero-order valence-electron chi connectivity index (χ0n) is 11.1. The maximum atomic E-state index is 6.04. The fourth-order valence-corrected chi connectivity index (χ4v) is 2.86. The molecule has 0 saturated carbocycles. The molecule has 0 radical (unpaired) electrons. The number of nitrogens with two attached hydrogens (primary N) is 1. The molecule has 0 fully saturated rings. The van der Waals surface area contributed by atoms with Crippen LogP contribution in [0.3, 0.4) is 0 Å². The van der Waals surface area contributed by atoms with Gasteiger partial charge in [-0.3, -0.25) is 0 Å². The van der Waals surface area contributed by atoms with Crippen molar-refractivity contribution in [1.29, 1.82) is 0 Å². The Labute approximate surface area is 134 Å². The van der Waals surface area contributed by atoms with Gasteiger partial charge in [0.25, 0.3) is 0 Å². The number of tetrazole rings is 1. The molecule has 0 atom stereocenters. The first-order valence-corrected chi connectivity index (χ1v) is 7.33. The predicted molar refractivity (Wildman–Crippen MR) is 86.4 cm³/mol. The minimum atomic E-state index is 0.541. The molecule has 7 heteroatoms. The first kappa shape index (κ1) is 14.0. The Bertz CT molecular complexity index is 815. The Morgan fingerprint density at radius 1 is 1.19 bits per heavy atom. The normalized spacial score (nSPS) is 10.8. The van der Waals surface area contributed by atoms with E-state index in [4.69, 9.17) is 17.3 Å². The number of halogens is 2. The monoisotopic (exact) mass is 363 g/mol. The first-order chi connectivity index (χ1) is 10.1. The van der Waals surface area contributed by atoms with Crippen molar-refractivity contribution >= 4 is 33.2 Å². The van der Waals surface area contributed by atoms with Gasteiger partial charge < -0.3 is 5.73 Å². The second-order valence-corrected chi connectivity index (χ2v) is 5.89. The van der Waals surface area contributed by atoms with Crippen LogP contribution >= 0.6 is 27.5 Å². The van der Waals surface area contributed by atoms with Crippen LogP contribution in [0, 0.1) is 6.92 Å². The average molecular weight is 365 g/mol. The zero-order valence-corrected chi connectivity index (χ0v) is 13.4. The third-order valence-electron chi connectivity index (χ3n) is 3.06. The summed E-state index contributed by atoms with van der Waals surface area (Å²) in [6, 6.07) is 11.2. The lowest BCUT2D eigenvalue weighted by atomic mass is 10.1. The van der Waals surface area contributed by atoms with Gasteiger partial charge >= 0.3 is 0 Å². The highest BCUT2D eigenvalue weighted by Gasteiger charge is 2.15. The van der Waals surface area contributed by atoms with E-state index in [0.717, 1.165) is 15.7 Å². The molecule has 2 N–H and O–H groups in total. The molecule has 0 aliphatic carbocycles. The van der Waals surface area contributed by atoms with Crippen molar-refractivity contribution in [3.63, 3.8) is 0 Å². The van der Waals surface area contributed by atoms with Crippen molar-refractivity contribution < 1.29 is 0 Å². The number of benzene rings is 2. The zero-order chi connectivity index (χ0) is 15.0. The van der Waals surface area contributed by atoms with Crippen molar-refractivity contribution in [3.05, 3.63) is 51.5 Å². The third-order valence-corrected chi connectivity index (χ3v) is 3.93. The van der Waals surface area contributed by atoms with Crippen molar-refractivity contribution in [2.75, 3.05) is 5.73 Å². The lowest BCUT2D eigenvalue weighted by molar-refractivity contribution is 0.788. The second kappa shape index (κ2) is 5.46. The summed E-state index contributed by atoms with van der Waals surface area (Å²) >= 11 is 9.58. The highest BCUT2D eigenvalue weighted by atomic mass is 79.9. The molecule has 0 bridgehead atoms. The fraction of sp³-hybridized carbons (Fsp3) is 0.0714. The van der Waals surface area contributed by atoms with Gasteiger partial charge in [0, 0.05) is 20.7 Å². The quantitative estimate of drug-likeness (QED) is 0.705. The van der Waals surface area contributed by atoms with E-state index in [1.165, 1.54) is 0 Å². The molecule has 0 aliphatic heterocycles. The van der Waals surface area contributed by atoms with Crippen LogP contribution in [0.15, 0.2) is 40.9 Å². The molecule has 3 rings (SSSR count). The van der Waals surface area contributed by atoms with Gasteiger partial charge in [-0.15, -0.1) is 5.10 Å². The van der Waals surface area contributed by atoms with Crippen LogP contribution in [0.1, 0.15) is 5.56 Å². The van der Waals surface area contributed by atoms with Crippen molar-refractivity contribution in [2.24, 2.45) is 0 Å². The Morgan fingerprint density at radius 2 is 2.00 bits per heavy atom. The summed E-state index contributed by atoms with van der Waals surface area (Å²) in [4.78, 5) is 0. The first-order valence-electron chi connectivity index (χ1n) is 6.16. The van der Waals surface area contributed by atoms with E-state index in [1.807, 2.05) is 25.1 Å². The van der Waals surface area contributed by atoms with Crippen molar-refractivity contribution in [1.82, 2.24) is 20.2 Å². The molecule has 3 aromatic rings. The summed E-state index contributed by atoms with van der Waals surface area (Å²) in [5, 5.41) is 12.5. The van der Waals surface area contributed by atoms with Crippen LogP contribution in [0.5, 0.6) is 0 Å². The Morgan fingerprint density at radius 3 is 2.76 bits per heavy atom. The predicted octanol–water partition coefficient (Wildman–Crippen LogP) is 3.64. The molecule has 1 heterocycles. The van der Waals surface area contributed by atoms with Crippen LogP contribution in [0.2, 0.25) is 5.02 Å². The lowest BCUT2D eigenvalue weighted by Gasteiger charge is -2.09. The Kier molecular flexibility index (Phi) is 3.65. The Balaban J connectivity index is 2.19. The third kappa shape index (κ3) is 2.64. The molecule has 0 amide bonds. The molecule has 0 unspecified atom stereocenters. The van der Waals surface area contributed by atoms with E-state index < -0.39 is 0 Å². The minimum absolute atomic E-state index is 0.541. The van der Waals surface area contributed by atoms with Gasteiger partial charge in [0.1, 0.15) is 0 Å². The van der Waals surface area contributed by atoms with Crippen LogP contribution < -0.4 is 5.73 Å². The number of rotatable bonds is 2. The molecule has 2 aromatic carbocycles. The van der Waals surface area contributed by atoms with Crippen molar-refractivity contribution in [3.8, 4) is 17.1 Å². The number of anilines is 1. The fourth-order valence-electron chi connectivity index (χ4n) is 2.02. The van der Waals surface area contributed by atoms with Crippen LogP contribution in [-0.4, -0.2) is 20.2 Å². The van der Waals surface area contributed by atoms with Gasteiger partial charge in [-0.2, -0.15) is 4.68 Å². The second-order valence-electron chi connectivity index (χ2n) is 4.60. The molecule has 0 aliphatic rings. The minimum Gasteiger partial charge on any atom is -0.398 e. The summed E-state index contributed by atoms with van der Waals surface area (Å²) in [7, 11) is 0. The number of hydrogen-bond acceptors (Lipinski definition) is 4. The molecular formula is C14H11BrClN5. The number of aromatic nitrogens is 4. The molecule has 21 heavy (non-hydrogen) atoms. The smallest absolute Gasteiger partial charge is 0.189 e. The van der Waals surface area contributed by atoms with E-state index in [1.54, 1.807) is 22.9 Å². The van der Waals surface area contributed by atoms with E-state index in [0.29, 0.717) is 22.1 Å². The molecule has 1 aromatic heterocycles. The van der Waals surface area contributed by atoms with Crippen LogP contribution in [-0.2, 0) is 0 Å². The number of nitrogens with zero attached hydrogens (tertiary/aromatic N) is 4. The summed E-state index contributed by atoms with van der Waals surface area (Å²) in [5.74, 6) is 0.541. The highest BCUT2D eigenvalue weighted by molar-refractivity contribution is 9.10. The lowest BCUT2D eigenvalue weighted by Crippen LogP contribution is -2.02. The average Bonchev–Trinajstić information content (AvgIpc) is 2.90. The maximum Gasteiger partial charge on any atom is 0.189 e. The van der Waals surface area contributed by atoms with Crippen LogP contribution in [0.4, 0.5) is 5.69 Å². The highest BCUT2D eigenvalue weighted by Crippen LogP contribution is 2.30. The molecular weight excluding hydrogens is 354 g/mol. The SMILES string of the molecule is Cc1ccc(-n2nnnc2-c2cc(Cl)ccc2N)c(Br)c1. The van der Waals surface area contributed by atoms with Crippen molar-refractivity contribution in [2.45, 2.75) is 6.92 Å². The number of nitrogen functional groups attached to an aromatic ring is 1. The van der Waals surface area contributed by atoms with Gasteiger partial charge in [0.2, 0.25) is 0 Å². The summed E-state index contributed by atoms with van der Waals surface area (Å²) < 4.78 is 2.53. The van der Waals surface area contributed by atoms with Gasteiger partial charge in [-0.25, -0.2) is 0 Å². The van der Waals surface area contributed by atoms with E-state index in [2.05, 4.69) is 31.5 Å². The van der Waals surface area contributed by atoms with Gasteiger partial charge in [-0.1, -0.05) is 17.7 Å². The largest absolute Gasteiger partial charge is 0.398 e. The molecule has 0 saturated heterocycles. The topological polar surface area (TPSA) is 69.6 Å². The molecule has 106 valence electrons. The van der Waals surface area contributed by atoms with E-state index >= 15 is 0 Å². The summed E-state index contributed by atoms with van der Waals surface area (Å²) in [6.45, 7) is 2.02. The molecule has 0 spiro atoms. The summed E-state index contributed by atoms with van der Waals surface area (Å²) in [5.41, 5.74) is 9.25. The van der Waals surface area contributed by atoms with Gasteiger partial charge in [0.05, 0.1) is 5.69 Å². The van der Waals surface area contributed by atoms with Gasteiger partial charge in [-0.05, 0) is 69.2 Å².